The van der Waals surface area contributed by atoms with Crippen molar-refractivity contribution < 1.29 is 9.59 Å². The van der Waals surface area contributed by atoms with Gasteiger partial charge in [0.15, 0.2) is 0 Å². The SMILES string of the molecule is CCc1sc2ccccc2c1CC1NC(=O)C2CN(Cc3c(CC)sc4ccccc34)CCN2C1=O. The molecule has 0 spiro atoms. The zero-order valence-corrected chi connectivity index (χ0v) is 22.4. The summed E-state index contributed by atoms with van der Waals surface area (Å²) in [4.78, 5) is 33.8. The zero-order chi connectivity index (χ0) is 24.8. The summed E-state index contributed by atoms with van der Waals surface area (Å²) in [7, 11) is 0. The van der Waals surface area contributed by atoms with E-state index in [1.165, 1.54) is 41.1 Å². The van der Waals surface area contributed by atoms with E-state index in [9.17, 15) is 9.59 Å². The Bertz CT molecular complexity index is 1460. The van der Waals surface area contributed by atoms with E-state index in [2.05, 4.69) is 72.6 Å². The van der Waals surface area contributed by atoms with Gasteiger partial charge < -0.3 is 10.2 Å². The van der Waals surface area contributed by atoms with Crippen molar-refractivity contribution in [3.8, 4) is 0 Å². The second-order valence-corrected chi connectivity index (χ2v) is 12.0. The van der Waals surface area contributed by atoms with Crippen LogP contribution in [-0.4, -0.2) is 53.3 Å². The summed E-state index contributed by atoms with van der Waals surface area (Å²) in [5.74, 6) is 0.0413. The molecule has 0 aliphatic carbocycles. The molecule has 0 saturated carbocycles. The normalized spacial score (nSPS) is 20.8. The molecule has 4 heterocycles. The Morgan fingerprint density at radius 2 is 1.47 bits per heavy atom. The van der Waals surface area contributed by atoms with E-state index in [-0.39, 0.29) is 11.8 Å². The van der Waals surface area contributed by atoms with Gasteiger partial charge in [-0.15, -0.1) is 22.7 Å². The highest BCUT2D eigenvalue weighted by molar-refractivity contribution is 7.19. The molecular formula is C29H31N3O2S2. The standard InChI is InChI=1S/C29H31N3O2S2/c1-3-24-20(18-9-5-7-11-26(18)35-24)15-22-29(34)32-14-13-31(17-23(32)28(33)30-22)16-21-19-10-6-8-12-27(19)36-25(21)4-2/h5-12,22-23H,3-4,13-17H2,1-2H3,(H,30,33). The first kappa shape index (κ1) is 23.6. The number of piperazine rings is 2. The van der Waals surface area contributed by atoms with Crippen LogP contribution in [0.5, 0.6) is 0 Å². The van der Waals surface area contributed by atoms with E-state index in [0.717, 1.165) is 25.9 Å². The van der Waals surface area contributed by atoms with Gasteiger partial charge in [-0.2, -0.15) is 0 Å². The molecule has 2 aliphatic heterocycles. The third-order valence-electron chi connectivity index (χ3n) is 7.66. The van der Waals surface area contributed by atoms with Gasteiger partial charge in [-0.3, -0.25) is 14.5 Å². The molecule has 4 aromatic rings. The fourth-order valence-electron chi connectivity index (χ4n) is 5.83. The predicted octanol–water partition coefficient (Wildman–Crippen LogP) is 4.99. The second-order valence-electron chi connectivity index (χ2n) is 9.75. The molecule has 36 heavy (non-hydrogen) atoms. The minimum absolute atomic E-state index is 0.0206. The molecule has 6 rings (SSSR count). The molecule has 7 heteroatoms. The van der Waals surface area contributed by atoms with E-state index in [1.54, 1.807) is 11.3 Å². The van der Waals surface area contributed by atoms with Crippen LogP contribution in [0.15, 0.2) is 48.5 Å². The molecule has 2 aliphatic rings. The van der Waals surface area contributed by atoms with E-state index < -0.39 is 12.1 Å². The molecule has 2 saturated heterocycles. The summed E-state index contributed by atoms with van der Waals surface area (Å²) in [6.45, 7) is 7.16. The molecule has 2 aromatic heterocycles. The lowest BCUT2D eigenvalue weighted by atomic mass is 9.96. The third kappa shape index (κ3) is 4.03. The number of fused-ring (bicyclic) bond motifs is 3. The van der Waals surface area contributed by atoms with Gasteiger partial charge in [-0.1, -0.05) is 50.2 Å². The highest BCUT2D eigenvalue weighted by Crippen LogP contribution is 2.35. The number of aryl methyl sites for hydroxylation is 2. The van der Waals surface area contributed by atoms with Crippen molar-refractivity contribution in [3.05, 3.63) is 69.4 Å². The maximum Gasteiger partial charge on any atom is 0.246 e. The smallest absolute Gasteiger partial charge is 0.246 e. The van der Waals surface area contributed by atoms with E-state index in [1.807, 2.05) is 16.2 Å². The van der Waals surface area contributed by atoms with Crippen molar-refractivity contribution in [3.63, 3.8) is 0 Å². The van der Waals surface area contributed by atoms with Crippen LogP contribution in [0.3, 0.4) is 0 Å². The maximum absolute atomic E-state index is 13.6. The van der Waals surface area contributed by atoms with Crippen molar-refractivity contribution in [1.82, 2.24) is 15.1 Å². The number of amides is 2. The molecule has 2 aromatic carbocycles. The Morgan fingerprint density at radius 1 is 0.861 bits per heavy atom. The third-order valence-corrected chi connectivity index (χ3v) is 10.4. The monoisotopic (exact) mass is 517 g/mol. The van der Waals surface area contributed by atoms with Gasteiger partial charge in [0.25, 0.3) is 0 Å². The number of carbonyl (C=O) groups excluding carboxylic acids is 2. The van der Waals surface area contributed by atoms with E-state index in [4.69, 9.17) is 0 Å². The first-order valence-corrected chi connectivity index (χ1v) is 14.5. The summed E-state index contributed by atoms with van der Waals surface area (Å²) in [6.07, 6.45) is 2.50. The van der Waals surface area contributed by atoms with Crippen LogP contribution < -0.4 is 5.32 Å². The molecule has 0 radical (unpaired) electrons. The number of carbonyl (C=O) groups is 2. The van der Waals surface area contributed by atoms with Crippen LogP contribution in [0, 0.1) is 0 Å². The number of hydrogen-bond donors (Lipinski definition) is 1. The summed E-state index contributed by atoms with van der Waals surface area (Å²) in [6, 6.07) is 16.1. The topological polar surface area (TPSA) is 52.7 Å². The summed E-state index contributed by atoms with van der Waals surface area (Å²) >= 11 is 3.67. The number of thiophene rings is 2. The average molecular weight is 518 g/mol. The zero-order valence-electron chi connectivity index (χ0n) is 20.8. The molecular weight excluding hydrogens is 486 g/mol. The Balaban J connectivity index is 1.20. The second kappa shape index (κ2) is 9.61. The lowest BCUT2D eigenvalue weighted by Crippen LogP contribution is -2.69. The average Bonchev–Trinajstić information content (AvgIpc) is 3.45. The molecule has 2 amide bonds. The molecule has 5 nitrogen and oxygen atoms in total. The largest absolute Gasteiger partial charge is 0.342 e. The van der Waals surface area contributed by atoms with Gasteiger partial charge in [-0.25, -0.2) is 0 Å². The van der Waals surface area contributed by atoms with Crippen molar-refractivity contribution in [2.75, 3.05) is 19.6 Å². The van der Waals surface area contributed by atoms with Gasteiger partial charge >= 0.3 is 0 Å². The van der Waals surface area contributed by atoms with Crippen molar-refractivity contribution >= 4 is 54.7 Å². The molecule has 186 valence electrons. The minimum atomic E-state index is -0.490. The number of nitrogens with one attached hydrogen (secondary N) is 1. The summed E-state index contributed by atoms with van der Waals surface area (Å²) < 4.78 is 2.57. The van der Waals surface area contributed by atoms with Crippen LogP contribution in [0.1, 0.15) is 34.7 Å². The fourth-order valence-corrected chi connectivity index (χ4v) is 8.16. The minimum Gasteiger partial charge on any atom is -0.342 e. The van der Waals surface area contributed by atoms with Crippen molar-refractivity contribution in [2.45, 2.75) is 51.7 Å². The van der Waals surface area contributed by atoms with Crippen LogP contribution in [-0.2, 0) is 35.4 Å². The molecule has 1 N–H and O–H groups in total. The van der Waals surface area contributed by atoms with Gasteiger partial charge in [0.2, 0.25) is 11.8 Å². The fraction of sp³-hybridized carbons (Fsp3) is 0.379. The first-order valence-electron chi connectivity index (χ1n) is 12.9. The summed E-state index contributed by atoms with van der Waals surface area (Å²) in [5.41, 5.74) is 2.59. The van der Waals surface area contributed by atoms with E-state index >= 15 is 0 Å². The Hall–Kier alpha value is -2.74. The highest BCUT2D eigenvalue weighted by atomic mass is 32.1. The van der Waals surface area contributed by atoms with Gasteiger partial charge in [0, 0.05) is 51.8 Å². The van der Waals surface area contributed by atoms with Gasteiger partial charge in [0.05, 0.1) is 0 Å². The van der Waals surface area contributed by atoms with Crippen LogP contribution in [0.4, 0.5) is 0 Å². The van der Waals surface area contributed by atoms with Crippen LogP contribution in [0.25, 0.3) is 20.2 Å². The van der Waals surface area contributed by atoms with Crippen molar-refractivity contribution in [2.24, 2.45) is 0 Å². The molecule has 0 bridgehead atoms. The molecule has 2 unspecified atom stereocenters. The molecule has 2 atom stereocenters. The number of rotatable bonds is 6. The van der Waals surface area contributed by atoms with E-state index in [0.29, 0.717) is 19.5 Å². The number of hydrogen-bond acceptors (Lipinski definition) is 5. The number of benzene rings is 2. The highest BCUT2D eigenvalue weighted by Gasteiger charge is 2.43. The maximum atomic E-state index is 13.6. The first-order chi connectivity index (χ1) is 17.6. The quantitative estimate of drug-likeness (QED) is 0.392. The Kier molecular flexibility index (Phi) is 6.32. The summed E-state index contributed by atoms with van der Waals surface area (Å²) in [5, 5.41) is 5.63. The molecule has 2 fully saturated rings. The van der Waals surface area contributed by atoms with Gasteiger partial charge in [0.1, 0.15) is 12.1 Å². The van der Waals surface area contributed by atoms with Crippen LogP contribution >= 0.6 is 22.7 Å². The lowest BCUT2D eigenvalue weighted by Gasteiger charge is -2.45. The number of nitrogens with zero attached hydrogens (tertiary/aromatic N) is 2. The Morgan fingerprint density at radius 3 is 2.14 bits per heavy atom. The van der Waals surface area contributed by atoms with Crippen molar-refractivity contribution in [1.29, 1.82) is 0 Å². The van der Waals surface area contributed by atoms with Crippen LogP contribution in [0.2, 0.25) is 0 Å². The lowest BCUT2D eigenvalue weighted by molar-refractivity contribution is -0.153. The Labute approximate surface area is 219 Å². The van der Waals surface area contributed by atoms with Gasteiger partial charge in [-0.05, 0) is 46.9 Å². The predicted molar refractivity (Wildman–Crippen MR) is 149 cm³/mol.